The van der Waals surface area contributed by atoms with Gasteiger partial charge in [-0.1, -0.05) is 0 Å². The quantitative estimate of drug-likeness (QED) is 0.840. The van der Waals surface area contributed by atoms with Crippen molar-refractivity contribution in [2.24, 2.45) is 5.92 Å². The van der Waals surface area contributed by atoms with Crippen molar-refractivity contribution in [2.45, 2.75) is 13.0 Å². The number of halogens is 1. The van der Waals surface area contributed by atoms with Gasteiger partial charge in [0.05, 0.1) is 23.8 Å². The van der Waals surface area contributed by atoms with E-state index < -0.39 is 5.82 Å². The summed E-state index contributed by atoms with van der Waals surface area (Å²) in [7, 11) is 1.70. The summed E-state index contributed by atoms with van der Waals surface area (Å²) in [5.41, 5.74) is 0.371. The van der Waals surface area contributed by atoms with E-state index in [4.69, 9.17) is 4.74 Å². The molecule has 2 heterocycles. The van der Waals surface area contributed by atoms with Crippen molar-refractivity contribution < 1.29 is 9.13 Å². The smallest absolute Gasteiger partial charge is 0.261 e. The summed E-state index contributed by atoms with van der Waals surface area (Å²) in [6, 6.07) is 4.13. The molecule has 1 fully saturated rings. The molecule has 0 bridgehead atoms. The second kappa shape index (κ2) is 6.54. The zero-order valence-corrected chi connectivity index (χ0v) is 12.7. The number of fused-ring (bicyclic) bond motifs is 1. The highest BCUT2D eigenvalue weighted by atomic mass is 19.1. The molecule has 6 heteroatoms. The Balaban J connectivity index is 1.75. The van der Waals surface area contributed by atoms with E-state index in [2.05, 4.69) is 9.88 Å². The number of rotatable bonds is 5. The maximum atomic E-state index is 13.3. The van der Waals surface area contributed by atoms with Crippen LogP contribution < -0.4 is 5.56 Å². The summed E-state index contributed by atoms with van der Waals surface area (Å²) < 4.78 is 20.0. The first-order chi connectivity index (χ1) is 10.7. The maximum Gasteiger partial charge on any atom is 0.261 e. The van der Waals surface area contributed by atoms with Crippen molar-refractivity contribution in [3.63, 3.8) is 0 Å². The number of ether oxygens (including phenoxy) is 1. The molecule has 1 aromatic heterocycles. The lowest BCUT2D eigenvalue weighted by Crippen LogP contribution is -2.28. The molecule has 0 radical (unpaired) electrons. The fourth-order valence-corrected chi connectivity index (χ4v) is 3.02. The third kappa shape index (κ3) is 3.18. The molecular weight excluding hydrogens is 285 g/mol. The van der Waals surface area contributed by atoms with Crippen LogP contribution in [0, 0.1) is 11.7 Å². The minimum Gasteiger partial charge on any atom is -0.383 e. The van der Waals surface area contributed by atoms with E-state index >= 15 is 0 Å². The molecule has 0 saturated carbocycles. The Hall–Kier alpha value is -1.79. The Morgan fingerprint density at radius 1 is 1.45 bits per heavy atom. The monoisotopic (exact) mass is 305 g/mol. The molecule has 118 valence electrons. The maximum absolute atomic E-state index is 13.3. The van der Waals surface area contributed by atoms with Crippen LogP contribution in [0.1, 0.15) is 6.42 Å². The molecule has 1 aromatic carbocycles. The molecule has 0 unspecified atom stereocenters. The van der Waals surface area contributed by atoms with Crippen LogP contribution in [0.4, 0.5) is 4.39 Å². The van der Waals surface area contributed by atoms with Gasteiger partial charge in [-0.05, 0) is 37.1 Å². The second-order valence-electron chi connectivity index (χ2n) is 5.81. The Morgan fingerprint density at radius 2 is 2.32 bits per heavy atom. The average molecular weight is 305 g/mol. The lowest BCUT2D eigenvalue weighted by molar-refractivity contribution is 0.158. The summed E-state index contributed by atoms with van der Waals surface area (Å²) >= 11 is 0. The van der Waals surface area contributed by atoms with E-state index in [9.17, 15) is 9.18 Å². The van der Waals surface area contributed by atoms with E-state index in [-0.39, 0.29) is 5.56 Å². The molecule has 0 spiro atoms. The Morgan fingerprint density at radius 3 is 3.14 bits per heavy atom. The number of hydrogen-bond acceptors (Lipinski definition) is 4. The van der Waals surface area contributed by atoms with Gasteiger partial charge < -0.3 is 9.64 Å². The fraction of sp³-hybridized carbons (Fsp3) is 0.500. The number of benzene rings is 1. The van der Waals surface area contributed by atoms with Crippen LogP contribution in [0.15, 0.2) is 29.3 Å². The largest absolute Gasteiger partial charge is 0.383 e. The highest BCUT2D eigenvalue weighted by molar-refractivity contribution is 5.77. The molecule has 1 aliphatic heterocycles. The molecule has 1 saturated heterocycles. The highest BCUT2D eigenvalue weighted by Gasteiger charge is 2.23. The minimum atomic E-state index is -0.407. The Labute approximate surface area is 128 Å². The van der Waals surface area contributed by atoms with Gasteiger partial charge in [0, 0.05) is 26.7 Å². The third-order valence-corrected chi connectivity index (χ3v) is 4.22. The number of aromatic nitrogens is 2. The summed E-state index contributed by atoms with van der Waals surface area (Å²) in [6.07, 6.45) is 2.62. The van der Waals surface area contributed by atoms with Crippen molar-refractivity contribution in [1.82, 2.24) is 14.5 Å². The number of likely N-dealkylation sites (tertiary alicyclic amines) is 1. The summed E-state index contributed by atoms with van der Waals surface area (Å²) in [5.74, 6) is 0.0122. The Kier molecular flexibility index (Phi) is 4.49. The number of hydrogen-bond donors (Lipinski definition) is 0. The van der Waals surface area contributed by atoms with Gasteiger partial charge in [-0.3, -0.25) is 9.36 Å². The van der Waals surface area contributed by atoms with Crippen molar-refractivity contribution in [3.05, 3.63) is 40.7 Å². The van der Waals surface area contributed by atoms with Crippen molar-refractivity contribution in [1.29, 1.82) is 0 Å². The molecule has 0 aliphatic carbocycles. The van der Waals surface area contributed by atoms with Crippen molar-refractivity contribution in [2.75, 3.05) is 33.4 Å². The molecule has 1 atom stereocenters. The minimum absolute atomic E-state index is 0.167. The fourth-order valence-electron chi connectivity index (χ4n) is 3.02. The molecule has 0 amide bonds. The SMILES string of the molecule is COCCN1CC[C@H](Cn2cnc3ccc(F)cc3c2=O)C1. The molecule has 3 rings (SSSR count). The van der Waals surface area contributed by atoms with Crippen LogP contribution in [0.2, 0.25) is 0 Å². The third-order valence-electron chi connectivity index (χ3n) is 4.22. The number of methoxy groups -OCH3 is 1. The lowest BCUT2D eigenvalue weighted by Gasteiger charge is -2.16. The van der Waals surface area contributed by atoms with Gasteiger partial charge in [0.1, 0.15) is 5.82 Å². The summed E-state index contributed by atoms with van der Waals surface area (Å²) in [5, 5.41) is 0.344. The van der Waals surface area contributed by atoms with Gasteiger partial charge in [0.2, 0.25) is 0 Å². The van der Waals surface area contributed by atoms with Crippen LogP contribution in [0.3, 0.4) is 0 Å². The van der Waals surface area contributed by atoms with Gasteiger partial charge >= 0.3 is 0 Å². The molecule has 1 aliphatic rings. The van der Waals surface area contributed by atoms with E-state index in [1.807, 2.05) is 0 Å². The highest BCUT2D eigenvalue weighted by Crippen LogP contribution is 2.17. The standard InChI is InChI=1S/C16H20FN3O2/c1-22-7-6-19-5-4-12(9-19)10-20-11-18-15-3-2-13(17)8-14(15)16(20)21/h2-3,8,11-12H,4-7,9-10H2,1H3/t12-/m0/s1. The van der Waals surface area contributed by atoms with Crippen LogP contribution >= 0.6 is 0 Å². The molecular formula is C16H20FN3O2. The predicted molar refractivity (Wildman–Crippen MR) is 82.4 cm³/mol. The molecule has 2 aromatic rings. The first-order valence-electron chi connectivity index (χ1n) is 7.53. The van der Waals surface area contributed by atoms with Crippen molar-refractivity contribution in [3.8, 4) is 0 Å². The average Bonchev–Trinajstić information content (AvgIpc) is 2.96. The zero-order chi connectivity index (χ0) is 15.5. The first kappa shape index (κ1) is 15.1. The van der Waals surface area contributed by atoms with Crippen LogP contribution in [-0.2, 0) is 11.3 Å². The van der Waals surface area contributed by atoms with Gasteiger partial charge in [0.25, 0.3) is 5.56 Å². The van der Waals surface area contributed by atoms with Gasteiger partial charge in [-0.2, -0.15) is 0 Å². The predicted octanol–water partition coefficient (Wildman–Crippen LogP) is 1.50. The van der Waals surface area contributed by atoms with Crippen LogP contribution in [0.5, 0.6) is 0 Å². The molecule has 0 N–H and O–H groups in total. The van der Waals surface area contributed by atoms with Gasteiger partial charge in [0.15, 0.2) is 0 Å². The summed E-state index contributed by atoms with van der Waals surface area (Å²) in [6.45, 7) is 4.25. The van der Waals surface area contributed by atoms with Gasteiger partial charge in [-0.15, -0.1) is 0 Å². The van der Waals surface area contributed by atoms with Gasteiger partial charge in [-0.25, -0.2) is 9.37 Å². The van der Waals surface area contributed by atoms with Crippen LogP contribution in [-0.4, -0.2) is 47.8 Å². The summed E-state index contributed by atoms with van der Waals surface area (Å²) in [4.78, 5) is 19.0. The number of nitrogens with zero attached hydrogens (tertiary/aromatic N) is 3. The topological polar surface area (TPSA) is 47.4 Å². The second-order valence-corrected chi connectivity index (χ2v) is 5.81. The Bertz CT molecular complexity index is 716. The van der Waals surface area contributed by atoms with Crippen molar-refractivity contribution >= 4 is 10.9 Å². The van der Waals surface area contributed by atoms with E-state index in [0.717, 1.165) is 32.7 Å². The normalized spacial score (nSPS) is 19.1. The lowest BCUT2D eigenvalue weighted by atomic mass is 10.1. The van der Waals surface area contributed by atoms with Crippen LogP contribution in [0.25, 0.3) is 10.9 Å². The zero-order valence-electron chi connectivity index (χ0n) is 12.7. The first-order valence-corrected chi connectivity index (χ1v) is 7.53. The molecule has 22 heavy (non-hydrogen) atoms. The van der Waals surface area contributed by atoms with E-state index in [0.29, 0.717) is 23.4 Å². The molecule has 5 nitrogen and oxygen atoms in total. The van der Waals surface area contributed by atoms with E-state index in [1.54, 1.807) is 24.1 Å². The van der Waals surface area contributed by atoms with E-state index in [1.165, 1.54) is 12.1 Å².